The first-order valence-corrected chi connectivity index (χ1v) is 13.7. The summed E-state index contributed by atoms with van der Waals surface area (Å²) in [7, 11) is 1.37. The maximum Gasteiger partial charge on any atom is 0.337 e. The van der Waals surface area contributed by atoms with E-state index in [-0.39, 0.29) is 30.0 Å². The summed E-state index contributed by atoms with van der Waals surface area (Å²) in [6, 6.07) is 24.3. The number of nitrogens with zero attached hydrogens (tertiary/aromatic N) is 4. The molecule has 0 bridgehead atoms. The van der Waals surface area contributed by atoms with Crippen LogP contribution in [0, 0.1) is 17.1 Å². The van der Waals surface area contributed by atoms with E-state index in [0.717, 1.165) is 41.5 Å². The number of imidazole rings is 1. The van der Waals surface area contributed by atoms with E-state index >= 15 is 0 Å². The molecule has 1 atom stereocenters. The topological polar surface area (TPSA) is 108 Å². The summed E-state index contributed by atoms with van der Waals surface area (Å²) in [5.41, 5.74) is 3.96. The number of ether oxygens (including phenoxy) is 4. The van der Waals surface area contributed by atoms with Gasteiger partial charge in [-0.15, -0.1) is 0 Å². The van der Waals surface area contributed by atoms with Crippen LogP contribution in [0.3, 0.4) is 0 Å². The van der Waals surface area contributed by atoms with Crippen molar-refractivity contribution in [3.8, 4) is 23.4 Å². The van der Waals surface area contributed by atoms with Crippen LogP contribution in [0.25, 0.3) is 11.0 Å². The molecule has 6 rings (SSSR count). The van der Waals surface area contributed by atoms with Gasteiger partial charge in [0.15, 0.2) is 11.6 Å². The Kier molecular flexibility index (Phi) is 7.98. The molecule has 0 radical (unpaired) electrons. The standard InChI is InChI=1S/C33H27FN4O5/c1-40-33(39)23-8-11-28-29(17-23)38(19-26-13-14-41-26)31(37-28)16-21-5-9-25(10-6-21)43-32-4-2-3-24(36-32)20-42-30-12-7-22(18-35)15-27(30)34/h2-12,15,17,26H,13-14,16,19-20H2,1H3/t26-/m0/s1. The molecule has 1 fully saturated rings. The number of hydrogen-bond donors (Lipinski definition) is 0. The highest BCUT2D eigenvalue weighted by Crippen LogP contribution is 2.26. The summed E-state index contributed by atoms with van der Waals surface area (Å²) < 4.78 is 38.4. The van der Waals surface area contributed by atoms with Crippen LogP contribution in [0.15, 0.2) is 78.9 Å². The van der Waals surface area contributed by atoms with Gasteiger partial charge in [-0.25, -0.2) is 19.2 Å². The van der Waals surface area contributed by atoms with Gasteiger partial charge in [-0.2, -0.15) is 5.26 Å². The van der Waals surface area contributed by atoms with Gasteiger partial charge < -0.3 is 23.5 Å². The van der Waals surface area contributed by atoms with Crippen molar-refractivity contribution in [2.24, 2.45) is 0 Å². The lowest BCUT2D eigenvalue weighted by Crippen LogP contribution is -2.31. The van der Waals surface area contributed by atoms with Crippen molar-refractivity contribution >= 4 is 17.0 Å². The Morgan fingerprint density at radius 1 is 1.09 bits per heavy atom. The minimum Gasteiger partial charge on any atom is -0.484 e. The minimum absolute atomic E-state index is 0.0347. The van der Waals surface area contributed by atoms with E-state index in [0.29, 0.717) is 35.9 Å². The molecular weight excluding hydrogens is 551 g/mol. The molecule has 1 aliphatic rings. The van der Waals surface area contributed by atoms with Gasteiger partial charge >= 0.3 is 5.97 Å². The number of halogens is 1. The quantitative estimate of drug-likeness (QED) is 0.186. The number of nitriles is 1. The summed E-state index contributed by atoms with van der Waals surface area (Å²) in [4.78, 5) is 21.5. The average Bonchev–Trinajstić information content (AvgIpc) is 3.34. The second-order valence-corrected chi connectivity index (χ2v) is 10.1. The van der Waals surface area contributed by atoms with Gasteiger partial charge in [0.1, 0.15) is 18.2 Å². The molecule has 3 aromatic carbocycles. The number of methoxy groups -OCH3 is 1. The molecule has 1 saturated heterocycles. The molecule has 10 heteroatoms. The number of pyridine rings is 1. The fourth-order valence-corrected chi connectivity index (χ4v) is 4.80. The summed E-state index contributed by atoms with van der Waals surface area (Å²) in [5.74, 6) is 0.892. The van der Waals surface area contributed by atoms with E-state index in [9.17, 15) is 9.18 Å². The molecule has 9 nitrogen and oxygen atoms in total. The SMILES string of the molecule is COC(=O)c1ccc2nc(Cc3ccc(Oc4cccc(COc5ccc(C#N)cc5F)n4)cc3)n(C[C@@H]3CCO3)c2c1. The normalized spacial score (nSPS) is 14.1. The summed E-state index contributed by atoms with van der Waals surface area (Å²) in [6.07, 6.45) is 1.67. The highest BCUT2D eigenvalue weighted by Gasteiger charge is 2.22. The zero-order valence-electron chi connectivity index (χ0n) is 23.3. The smallest absolute Gasteiger partial charge is 0.337 e. The van der Waals surface area contributed by atoms with Gasteiger partial charge in [0.25, 0.3) is 0 Å². The predicted molar refractivity (Wildman–Crippen MR) is 154 cm³/mol. The Morgan fingerprint density at radius 2 is 1.93 bits per heavy atom. The molecule has 0 N–H and O–H groups in total. The Morgan fingerprint density at radius 3 is 2.65 bits per heavy atom. The second-order valence-electron chi connectivity index (χ2n) is 10.1. The maximum absolute atomic E-state index is 14.1. The molecule has 1 aliphatic heterocycles. The zero-order valence-corrected chi connectivity index (χ0v) is 23.3. The molecule has 2 aromatic heterocycles. The van der Waals surface area contributed by atoms with E-state index in [1.54, 1.807) is 24.3 Å². The maximum atomic E-state index is 14.1. The Bertz CT molecular complexity index is 1830. The van der Waals surface area contributed by atoms with E-state index < -0.39 is 5.82 Å². The second kappa shape index (κ2) is 12.3. The van der Waals surface area contributed by atoms with E-state index in [4.69, 9.17) is 29.2 Å². The summed E-state index contributed by atoms with van der Waals surface area (Å²) >= 11 is 0. The van der Waals surface area contributed by atoms with E-state index in [1.165, 1.54) is 19.2 Å². The molecule has 5 aromatic rings. The molecule has 0 amide bonds. The number of fused-ring (bicyclic) bond motifs is 1. The van der Waals surface area contributed by atoms with Gasteiger partial charge in [0.05, 0.1) is 53.7 Å². The van der Waals surface area contributed by atoms with Crippen molar-refractivity contribution in [2.75, 3.05) is 13.7 Å². The Balaban J connectivity index is 1.14. The first kappa shape index (κ1) is 27.9. The number of aromatic nitrogens is 3. The van der Waals surface area contributed by atoms with Crippen molar-refractivity contribution in [3.63, 3.8) is 0 Å². The number of benzene rings is 3. The molecule has 43 heavy (non-hydrogen) atoms. The lowest BCUT2D eigenvalue weighted by atomic mass is 10.1. The molecule has 0 aliphatic carbocycles. The monoisotopic (exact) mass is 578 g/mol. The van der Waals surface area contributed by atoms with Crippen molar-refractivity contribution in [3.05, 3.63) is 113 Å². The lowest BCUT2D eigenvalue weighted by molar-refractivity contribution is -0.0589. The third kappa shape index (κ3) is 6.32. The highest BCUT2D eigenvalue weighted by molar-refractivity contribution is 5.93. The Labute approximate surface area is 247 Å². The molecule has 0 unspecified atom stereocenters. The van der Waals surface area contributed by atoms with Crippen LogP contribution in [0.4, 0.5) is 4.39 Å². The minimum atomic E-state index is -0.607. The van der Waals surface area contributed by atoms with Gasteiger partial charge in [0.2, 0.25) is 5.88 Å². The molecule has 3 heterocycles. The van der Waals surface area contributed by atoms with Crippen LogP contribution >= 0.6 is 0 Å². The molecule has 0 spiro atoms. The highest BCUT2D eigenvalue weighted by atomic mass is 19.1. The fraction of sp³-hybridized carbons (Fsp3) is 0.212. The first-order valence-electron chi connectivity index (χ1n) is 13.7. The lowest BCUT2D eigenvalue weighted by Gasteiger charge is -2.27. The number of rotatable bonds is 10. The molecular formula is C33H27FN4O5. The fourth-order valence-electron chi connectivity index (χ4n) is 4.80. The van der Waals surface area contributed by atoms with Crippen molar-refractivity contribution in [1.29, 1.82) is 5.26 Å². The van der Waals surface area contributed by atoms with Gasteiger partial charge in [0, 0.05) is 19.1 Å². The van der Waals surface area contributed by atoms with Gasteiger partial charge in [-0.05, 0) is 66.6 Å². The van der Waals surface area contributed by atoms with Crippen LogP contribution < -0.4 is 9.47 Å². The number of carbonyl (C=O) groups excluding carboxylic acids is 1. The van der Waals surface area contributed by atoms with Crippen molar-refractivity contribution in [1.82, 2.24) is 14.5 Å². The zero-order chi connectivity index (χ0) is 29.8. The van der Waals surface area contributed by atoms with Crippen molar-refractivity contribution < 1.29 is 28.1 Å². The largest absolute Gasteiger partial charge is 0.484 e. The van der Waals surface area contributed by atoms with Crippen LogP contribution in [-0.2, 0) is 29.0 Å². The van der Waals surface area contributed by atoms with Crippen molar-refractivity contribution in [2.45, 2.75) is 32.1 Å². The third-order valence-corrected chi connectivity index (χ3v) is 7.15. The molecule has 216 valence electrons. The summed E-state index contributed by atoms with van der Waals surface area (Å²) in [5, 5.41) is 8.90. The van der Waals surface area contributed by atoms with Crippen LogP contribution in [0.1, 0.15) is 39.4 Å². The predicted octanol–water partition coefficient (Wildman–Crippen LogP) is 5.98. The molecule has 0 saturated carbocycles. The first-order chi connectivity index (χ1) is 21.0. The van der Waals surface area contributed by atoms with Crippen LogP contribution in [0.2, 0.25) is 0 Å². The van der Waals surface area contributed by atoms with E-state index in [1.807, 2.05) is 42.5 Å². The summed E-state index contributed by atoms with van der Waals surface area (Å²) in [6.45, 7) is 1.44. The number of carbonyl (C=O) groups is 1. The van der Waals surface area contributed by atoms with Gasteiger partial charge in [-0.3, -0.25) is 0 Å². The average molecular weight is 579 g/mol. The Hall–Kier alpha value is -5.27. The third-order valence-electron chi connectivity index (χ3n) is 7.15. The number of hydrogen-bond acceptors (Lipinski definition) is 8. The van der Waals surface area contributed by atoms with Crippen LogP contribution in [-0.4, -0.2) is 40.3 Å². The van der Waals surface area contributed by atoms with Gasteiger partial charge in [-0.1, -0.05) is 18.2 Å². The number of esters is 1. The van der Waals surface area contributed by atoms with Crippen LogP contribution in [0.5, 0.6) is 17.4 Å². The van der Waals surface area contributed by atoms with E-state index in [2.05, 4.69) is 9.55 Å².